The molecule has 0 spiro atoms. The van der Waals surface area contributed by atoms with Crippen LogP contribution in [0.25, 0.3) is 21.9 Å². The number of halogens is 2. The molecule has 0 atom stereocenters. The molecule has 0 bridgehead atoms. The zero-order valence-electron chi connectivity index (χ0n) is 20.7. The van der Waals surface area contributed by atoms with Crippen LogP contribution in [0.1, 0.15) is 76.7 Å². The number of rotatable bonds is 10. The molecule has 0 aromatic heterocycles. The van der Waals surface area contributed by atoms with Gasteiger partial charge < -0.3 is 4.74 Å². The largest absolute Gasteiger partial charge is 0.494 e. The van der Waals surface area contributed by atoms with E-state index in [2.05, 4.69) is 19.1 Å². The van der Waals surface area contributed by atoms with Crippen LogP contribution in [0.2, 0.25) is 0 Å². The van der Waals surface area contributed by atoms with E-state index < -0.39 is 5.82 Å². The molecule has 3 aromatic rings. The predicted octanol–water partition coefficient (Wildman–Crippen LogP) is 9.50. The van der Waals surface area contributed by atoms with E-state index in [0.717, 1.165) is 23.6 Å². The third-order valence-electron chi connectivity index (χ3n) is 7.75. The van der Waals surface area contributed by atoms with Crippen LogP contribution in [0.15, 0.2) is 48.5 Å². The summed E-state index contributed by atoms with van der Waals surface area (Å²) >= 11 is 0. The van der Waals surface area contributed by atoms with Gasteiger partial charge in [-0.15, -0.1) is 0 Å². The monoisotopic (exact) mass is 464 g/mol. The number of methoxy groups -OCH3 is 1. The van der Waals surface area contributed by atoms with Crippen LogP contribution in [0.5, 0.6) is 5.75 Å². The Morgan fingerprint density at radius 2 is 1.59 bits per heavy atom. The minimum Gasteiger partial charge on any atom is -0.494 e. The molecular weight excluding hydrogens is 426 g/mol. The Balaban J connectivity index is 1.35. The Hall–Kier alpha value is -2.42. The summed E-state index contributed by atoms with van der Waals surface area (Å²) in [4.78, 5) is 0. The molecule has 182 valence electrons. The maximum Gasteiger partial charge on any atom is 0.165 e. The van der Waals surface area contributed by atoms with Gasteiger partial charge in [0, 0.05) is 10.9 Å². The fraction of sp³-hybridized carbons (Fsp3) is 0.484. The maximum absolute atomic E-state index is 15.3. The lowest BCUT2D eigenvalue weighted by Gasteiger charge is -2.28. The van der Waals surface area contributed by atoms with E-state index in [4.69, 9.17) is 4.74 Å². The van der Waals surface area contributed by atoms with Gasteiger partial charge in [-0.2, -0.15) is 0 Å². The van der Waals surface area contributed by atoms with E-state index >= 15 is 4.39 Å². The average Bonchev–Trinajstić information content (AvgIpc) is 2.86. The summed E-state index contributed by atoms with van der Waals surface area (Å²) in [5, 5.41) is 1.49. The maximum atomic E-state index is 15.3. The molecule has 3 heteroatoms. The number of benzene rings is 3. The molecule has 3 aromatic carbocycles. The quantitative estimate of drug-likeness (QED) is 0.271. The minimum atomic E-state index is -0.486. The Morgan fingerprint density at radius 3 is 2.29 bits per heavy atom. The van der Waals surface area contributed by atoms with Crippen LogP contribution in [0.3, 0.4) is 0 Å². The van der Waals surface area contributed by atoms with E-state index in [-0.39, 0.29) is 11.6 Å². The molecule has 0 radical (unpaired) electrons. The van der Waals surface area contributed by atoms with Crippen molar-refractivity contribution >= 4 is 10.8 Å². The fourth-order valence-corrected chi connectivity index (χ4v) is 5.59. The second-order valence-electron chi connectivity index (χ2n) is 10.1. The summed E-state index contributed by atoms with van der Waals surface area (Å²) in [7, 11) is 1.42. The molecule has 0 N–H and O–H groups in total. The van der Waals surface area contributed by atoms with Crippen molar-refractivity contribution in [2.75, 3.05) is 7.11 Å². The highest BCUT2D eigenvalue weighted by atomic mass is 19.1. The molecule has 0 unspecified atom stereocenters. The number of hydrogen-bond donors (Lipinski definition) is 0. The summed E-state index contributed by atoms with van der Waals surface area (Å²) in [6.45, 7) is 2.28. The SMILES string of the molecule is CCCCCC[C@H]1CC[C@H](CCc2ccc3c(F)c(-c4ccc(OC)c(F)c4)ccc3c2)CC1. The number of hydrogen-bond acceptors (Lipinski definition) is 1. The molecule has 4 rings (SSSR count). The van der Waals surface area contributed by atoms with Gasteiger partial charge in [0.05, 0.1) is 7.11 Å². The normalized spacial score (nSPS) is 18.4. The minimum absolute atomic E-state index is 0.162. The Kier molecular flexibility index (Phi) is 8.59. The van der Waals surface area contributed by atoms with Gasteiger partial charge in [0.25, 0.3) is 0 Å². The molecule has 0 saturated heterocycles. The molecule has 1 fully saturated rings. The standard InChI is InChI=1S/C31H38F2O/c1-3-4-5-6-7-22-8-10-23(11-9-22)12-13-24-14-17-27-25(20-24)15-18-28(31(27)33)26-16-19-30(34-2)29(32)21-26/h14-23H,3-13H2,1-2H3/t22-,23-. The van der Waals surface area contributed by atoms with Crippen molar-refractivity contribution in [1.82, 2.24) is 0 Å². The molecule has 1 nitrogen and oxygen atoms in total. The third-order valence-corrected chi connectivity index (χ3v) is 7.75. The molecule has 0 amide bonds. The smallest absolute Gasteiger partial charge is 0.165 e. The second-order valence-corrected chi connectivity index (χ2v) is 10.1. The van der Waals surface area contributed by atoms with Gasteiger partial charge >= 0.3 is 0 Å². The van der Waals surface area contributed by atoms with Crippen LogP contribution in [-0.2, 0) is 6.42 Å². The molecule has 34 heavy (non-hydrogen) atoms. The van der Waals surface area contributed by atoms with Crippen molar-refractivity contribution in [3.05, 3.63) is 65.7 Å². The third kappa shape index (κ3) is 5.98. The Bertz CT molecular complexity index is 1080. The Labute approximate surface area is 203 Å². The molecule has 1 aliphatic rings. The van der Waals surface area contributed by atoms with Gasteiger partial charge in [0.15, 0.2) is 11.6 Å². The van der Waals surface area contributed by atoms with Gasteiger partial charge in [-0.05, 0) is 53.3 Å². The van der Waals surface area contributed by atoms with Gasteiger partial charge in [-0.3, -0.25) is 0 Å². The first-order valence-corrected chi connectivity index (χ1v) is 13.1. The summed E-state index contributed by atoms with van der Waals surface area (Å²) in [6.07, 6.45) is 14.7. The summed E-state index contributed by atoms with van der Waals surface area (Å²) in [5.74, 6) is 1.15. The summed E-state index contributed by atoms with van der Waals surface area (Å²) < 4.78 is 34.4. The number of aryl methyl sites for hydroxylation is 1. The molecule has 1 saturated carbocycles. The molecule has 0 heterocycles. The first-order chi connectivity index (χ1) is 16.6. The van der Waals surface area contributed by atoms with E-state index in [1.165, 1.54) is 89.0 Å². The average molecular weight is 465 g/mol. The van der Waals surface area contributed by atoms with E-state index in [1.807, 2.05) is 12.1 Å². The fourth-order valence-electron chi connectivity index (χ4n) is 5.59. The zero-order chi connectivity index (χ0) is 23.9. The van der Waals surface area contributed by atoms with Crippen molar-refractivity contribution in [2.45, 2.75) is 77.6 Å². The summed E-state index contributed by atoms with van der Waals surface area (Å²) in [6, 6.07) is 14.3. The number of unbranched alkanes of at least 4 members (excludes halogenated alkanes) is 3. The lowest BCUT2D eigenvalue weighted by Crippen LogP contribution is -2.15. The highest BCUT2D eigenvalue weighted by Crippen LogP contribution is 2.35. The lowest BCUT2D eigenvalue weighted by molar-refractivity contribution is 0.249. The van der Waals surface area contributed by atoms with Crippen molar-refractivity contribution in [3.63, 3.8) is 0 Å². The molecular formula is C31H38F2O. The first kappa shape index (κ1) is 24.7. The van der Waals surface area contributed by atoms with Crippen molar-refractivity contribution in [3.8, 4) is 16.9 Å². The molecule has 1 aliphatic carbocycles. The predicted molar refractivity (Wildman–Crippen MR) is 138 cm³/mol. The lowest BCUT2D eigenvalue weighted by atomic mass is 9.77. The zero-order valence-corrected chi connectivity index (χ0v) is 20.7. The second kappa shape index (κ2) is 11.8. The van der Waals surface area contributed by atoms with Gasteiger partial charge in [0.2, 0.25) is 0 Å². The van der Waals surface area contributed by atoms with E-state index in [0.29, 0.717) is 16.5 Å². The molecule has 0 aliphatic heterocycles. The van der Waals surface area contributed by atoms with Crippen LogP contribution in [0.4, 0.5) is 8.78 Å². The highest BCUT2D eigenvalue weighted by Gasteiger charge is 2.21. The van der Waals surface area contributed by atoms with Gasteiger partial charge in [-0.25, -0.2) is 8.78 Å². The first-order valence-electron chi connectivity index (χ1n) is 13.1. The topological polar surface area (TPSA) is 9.23 Å². The van der Waals surface area contributed by atoms with Gasteiger partial charge in [-0.1, -0.05) is 101 Å². The van der Waals surface area contributed by atoms with Crippen LogP contribution >= 0.6 is 0 Å². The van der Waals surface area contributed by atoms with Crippen molar-refractivity contribution in [2.24, 2.45) is 11.8 Å². The van der Waals surface area contributed by atoms with Crippen LogP contribution < -0.4 is 4.74 Å². The van der Waals surface area contributed by atoms with E-state index in [1.54, 1.807) is 12.1 Å². The number of ether oxygens (including phenoxy) is 1. The van der Waals surface area contributed by atoms with Crippen LogP contribution in [-0.4, -0.2) is 7.11 Å². The van der Waals surface area contributed by atoms with E-state index in [9.17, 15) is 4.39 Å². The number of fused-ring (bicyclic) bond motifs is 1. The van der Waals surface area contributed by atoms with Crippen molar-refractivity contribution < 1.29 is 13.5 Å². The summed E-state index contributed by atoms with van der Waals surface area (Å²) in [5.41, 5.74) is 2.20. The van der Waals surface area contributed by atoms with Crippen LogP contribution in [0, 0.1) is 23.5 Å². The Morgan fingerprint density at radius 1 is 0.824 bits per heavy atom. The highest BCUT2D eigenvalue weighted by molar-refractivity contribution is 5.88. The van der Waals surface area contributed by atoms with Crippen molar-refractivity contribution in [1.29, 1.82) is 0 Å². The van der Waals surface area contributed by atoms with Gasteiger partial charge in [0.1, 0.15) is 5.82 Å².